The molecule has 1 aromatic rings. The zero-order valence-corrected chi connectivity index (χ0v) is 14.3. The normalized spacial score (nSPS) is 19.8. The lowest BCUT2D eigenvalue weighted by Gasteiger charge is -2.14. The van der Waals surface area contributed by atoms with E-state index >= 15 is 0 Å². The Morgan fingerprint density at radius 2 is 2.31 bits per heavy atom. The molecule has 2 aliphatic heterocycles. The van der Waals surface area contributed by atoms with Gasteiger partial charge in [-0.3, -0.25) is 14.7 Å². The van der Waals surface area contributed by atoms with Gasteiger partial charge in [0.2, 0.25) is 5.91 Å². The van der Waals surface area contributed by atoms with Crippen LogP contribution in [0, 0.1) is 11.2 Å². The fraction of sp³-hybridized carbons (Fsp3) is 0.333. The molecule has 0 aromatic heterocycles. The summed E-state index contributed by atoms with van der Waals surface area (Å²) in [6, 6.07) is 4.41. The van der Waals surface area contributed by atoms with Crippen LogP contribution in [0.3, 0.4) is 0 Å². The average Bonchev–Trinajstić information content (AvgIpc) is 2.82. The Morgan fingerprint density at radius 3 is 3.04 bits per heavy atom. The minimum atomic E-state index is -0.582. The molecule has 0 radical (unpaired) electrons. The fourth-order valence-corrected chi connectivity index (χ4v) is 2.78. The predicted molar refractivity (Wildman–Crippen MR) is 96.1 cm³/mol. The number of allylic oxidation sites excluding steroid dienone is 1. The smallest absolute Gasteiger partial charge is 0.414 e. The number of halogens is 1. The highest BCUT2D eigenvalue weighted by atomic mass is 19.1. The Labute approximate surface area is 150 Å². The summed E-state index contributed by atoms with van der Waals surface area (Å²) < 4.78 is 19.8. The van der Waals surface area contributed by atoms with Gasteiger partial charge in [0.25, 0.3) is 0 Å². The van der Waals surface area contributed by atoms with E-state index in [9.17, 15) is 14.0 Å². The first-order valence-corrected chi connectivity index (χ1v) is 8.28. The van der Waals surface area contributed by atoms with Crippen LogP contribution in [0.1, 0.15) is 25.3 Å². The number of cyclic esters (lactones) is 1. The van der Waals surface area contributed by atoms with Gasteiger partial charge < -0.3 is 15.5 Å². The number of rotatable bonds is 4. The highest BCUT2D eigenvalue weighted by Gasteiger charge is 2.32. The first kappa shape index (κ1) is 17.8. The number of ether oxygens (including phenoxy) is 1. The summed E-state index contributed by atoms with van der Waals surface area (Å²) in [6.45, 7) is 1.82. The summed E-state index contributed by atoms with van der Waals surface area (Å²) in [7, 11) is 0. The van der Waals surface area contributed by atoms with Crippen LogP contribution in [-0.4, -0.2) is 43.1 Å². The van der Waals surface area contributed by atoms with Gasteiger partial charge in [-0.25, -0.2) is 9.18 Å². The van der Waals surface area contributed by atoms with Gasteiger partial charge >= 0.3 is 6.09 Å². The lowest BCUT2D eigenvalue weighted by molar-refractivity contribution is -0.119. The number of hydrogen-bond acceptors (Lipinski definition) is 5. The quantitative estimate of drug-likeness (QED) is 0.866. The third-order valence-electron chi connectivity index (χ3n) is 4.08. The standard InChI is InChI=1S/C18H19FN4O3/c1-11(24)22-9-14-10-23(18(25)26-14)13-4-5-15(16(19)8-13)17-7-12(20)3-2-6-21-17/h4-8,14,20H,2-3,9-10H2,1H3,(H,22,24). The van der Waals surface area contributed by atoms with E-state index in [1.54, 1.807) is 24.4 Å². The second kappa shape index (κ2) is 7.47. The molecule has 1 saturated heterocycles. The molecule has 2 aliphatic rings. The number of aliphatic imine (C=N–C) groups is 1. The second-order valence-corrected chi connectivity index (χ2v) is 6.12. The first-order chi connectivity index (χ1) is 12.4. The van der Waals surface area contributed by atoms with Crippen molar-refractivity contribution in [3.05, 3.63) is 35.7 Å². The van der Waals surface area contributed by atoms with Crippen LogP contribution < -0.4 is 10.2 Å². The van der Waals surface area contributed by atoms with Crippen molar-refractivity contribution in [2.24, 2.45) is 4.99 Å². The largest absolute Gasteiger partial charge is 0.442 e. The van der Waals surface area contributed by atoms with Gasteiger partial charge in [0.15, 0.2) is 0 Å². The number of carbonyl (C=O) groups is 2. The molecule has 2 N–H and O–H groups in total. The van der Waals surface area contributed by atoms with Crippen molar-refractivity contribution in [3.63, 3.8) is 0 Å². The molecule has 26 heavy (non-hydrogen) atoms. The zero-order chi connectivity index (χ0) is 18.7. The van der Waals surface area contributed by atoms with Crippen LogP contribution in [0.5, 0.6) is 0 Å². The number of nitrogens with one attached hydrogen (secondary N) is 2. The van der Waals surface area contributed by atoms with Crippen LogP contribution in [0.2, 0.25) is 0 Å². The van der Waals surface area contributed by atoms with E-state index in [0.29, 0.717) is 29.9 Å². The number of hydrogen-bond donors (Lipinski definition) is 2. The molecule has 0 bridgehead atoms. The molecule has 2 amide bonds. The number of benzene rings is 1. The van der Waals surface area contributed by atoms with Gasteiger partial charge in [0.1, 0.15) is 11.9 Å². The molecule has 1 aromatic carbocycles. The van der Waals surface area contributed by atoms with E-state index in [2.05, 4.69) is 10.3 Å². The molecule has 1 fully saturated rings. The van der Waals surface area contributed by atoms with Crippen LogP contribution in [0.4, 0.5) is 14.9 Å². The summed E-state index contributed by atoms with van der Waals surface area (Å²) in [5.41, 5.74) is 1.43. The van der Waals surface area contributed by atoms with E-state index in [1.807, 2.05) is 0 Å². The maximum atomic E-state index is 14.6. The van der Waals surface area contributed by atoms with Gasteiger partial charge in [0.05, 0.1) is 24.5 Å². The molecule has 2 heterocycles. The minimum Gasteiger partial charge on any atom is -0.442 e. The van der Waals surface area contributed by atoms with Crippen molar-refractivity contribution in [2.45, 2.75) is 25.9 Å². The number of anilines is 1. The predicted octanol–water partition coefficient (Wildman–Crippen LogP) is 2.51. The van der Waals surface area contributed by atoms with Crippen LogP contribution in [-0.2, 0) is 9.53 Å². The van der Waals surface area contributed by atoms with Crippen LogP contribution in [0.25, 0.3) is 5.70 Å². The third kappa shape index (κ3) is 3.96. The van der Waals surface area contributed by atoms with Crippen molar-refractivity contribution in [2.75, 3.05) is 18.0 Å². The highest BCUT2D eigenvalue weighted by Crippen LogP contribution is 2.28. The average molecular weight is 358 g/mol. The Balaban J connectivity index is 1.78. The zero-order valence-electron chi connectivity index (χ0n) is 14.3. The number of carbonyl (C=O) groups excluding carboxylic acids is 2. The van der Waals surface area contributed by atoms with Gasteiger partial charge in [-0.1, -0.05) is 0 Å². The molecule has 0 saturated carbocycles. The summed E-state index contributed by atoms with van der Waals surface area (Å²) >= 11 is 0. The van der Waals surface area contributed by atoms with Crippen molar-refractivity contribution in [3.8, 4) is 0 Å². The van der Waals surface area contributed by atoms with Crippen molar-refractivity contribution >= 4 is 35.3 Å². The van der Waals surface area contributed by atoms with E-state index in [0.717, 1.165) is 0 Å². The summed E-state index contributed by atoms with van der Waals surface area (Å²) in [5.74, 6) is -0.739. The fourth-order valence-electron chi connectivity index (χ4n) is 2.78. The highest BCUT2D eigenvalue weighted by molar-refractivity contribution is 6.02. The van der Waals surface area contributed by atoms with Crippen LogP contribution >= 0.6 is 0 Å². The third-order valence-corrected chi connectivity index (χ3v) is 4.08. The van der Waals surface area contributed by atoms with E-state index in [1.165, 1.54) is 17.9 Å². The molecule has 1 unspecified atom stereocenters. The monoisotopic (exact) mass is 358 g/mol. The van der Waals surface area contributed by atoms with Crippen molar-refractivity contribution in [1.29, 1.82) is 5.41 Å². The topological polar surface area (TPSA) is 94.9 Å². The first-order valence-electron chi connectivity index (χ1n) is 8.28. The molecule has 8 heteroatoms. The molecule has 136 valence electrons. The Bertz CT molecular complexity index is 819. The molecule has 1 atom stereocenters. The maximum Gasteiger partial charge on any atom is 0.414 e. The van der Waals surface area contributed by atoms with Crippen molar-refractivity contribution < 1.29 is 18.7 Å². The summed E-state index contributed by atoms with van der Waals surface area (Å²) in [6.07, 6.45) is 3.38. The van der Waals surface area contributed by atoms with Crippen LogP contribution in [0.15, 0.2) is 29.3 Å². The molecule has 7 nitrogen and oxygen atoms in total. The summed E-state index contributed by atoms with van der Waals surface area (Å²) in [5, 5.41) is 10.4. The maximum absolute atomic E-state index is 14.6. The van der Waals surface area contributed by atoms with Gasteiger partial charge in [0, 0.05) is 24.4 Å². The number of amides is 2. The van der Waals surface area contributed by atoms with Gasteiger partial charge in [-0.15, -0.1) is 0 Å². The second-order valence-electron chi connectivity index (χ2n) is 6.12. The minimum absolute atomic E-state index is 0.210. The lowest BCUT2D eigenvalue weighted by Crippen LogP contribution is -2.33. The lowest BCUT2D eigenvalue weighted by atomic mass is 10.1. The Hall–Kier alpha value is -3.03. The SMILES string of the molecule is CC(=O)NCC1CN(c2ccc(C3=CC(=N)CCC=N3)c(F)c2)C(=O)O1. The van der Waals surface area contributed by atoms with Gasteiger partial charge in [-0.2, -0.15) is 0 Å². The van der Waals surface area contributed by atoms with Crippen molar-refractivity contribution in [1.82, 2.24) is 5.32 Å². The van der Waals surface area contributed by atoms with Gasteiger partial charge in [-0.05, 0) is 37.1 Å². The van der Waals surface area contributed by atoms with E-state index in [-0.39, 0.29) is 24.6 Å². The molecular weight excluding hydrogens is 339 g/mol. The number of nitrogens with zero attached hydrogens (tertiary/aromatic N) is 2. The Morgan fingerprint density at radius 1 is 1.50 bits per heavy atom. The molecular formula is C18H19FN4O3. The van der Waals surface area contributed by atoms with E-state index < -0.39 is 18.0 Å². The Kier molecular flexibility index (Phi) is 5.11. The molecule has 3 rings (SSSR count). The summed E-state index contributed by atoms with van der Waals surface area (Å²) in [4.78, 5) is 28.5. The molecule has 0 aliphatic carbocycles. The molecule has 0 spiro atoms. The van der Waals surface area contributed by atoms with E-state index in [4.69, 9.17) is 10.1 Å².